The van der Waals surface area contributed by atoms with Gasteiger partial charge in [0.2, 0.25) is 0 Å². The van der Waals surface area contributed by atoms with E-state index in [0.29, 0.717) is 6.42 Å². The highest BCUT2D eigenvalue weighted by Gasteiger charge is 2.13. The third kappa shape index (κ3) is 2.92. The second-order valence-corrected chi connectivity index (χ2v) is 4.50. The van der Waals surface area contributed by atoms with E-state index in [1.807, 2.05) is 0 Å². The Morgan fingerprint density at radius 2 is 2.00 bits per heavy atom. The topological polar surface area (TPSA) is 63.6 Å². The first-order chi connectivity index (χ1) is 6.55. The Morgan fingerprint density at radius 1 is 1.36 bits per heavy atom. The van der Waals surface area contributed by atoms with Crippen molar-refractivity contribution < 1.29 is 17.7 Å². The van der Waals surface area contributed by atoms with Crippen molar-refractivity contribution in [3.63, 3.8) is 0 Å². The van der Waals surface area contributed by atoms with Crippen LogP contribution in [-0.2, 0) is 10.1 Å². The number of phenols is 1. The van der Waals surface area contributed by atoms with E-state index in [9.17, 15) is 13.5 Å². The molecule has 1 rings (SSSR count). The summed E-state index contributed by atoms with van der Waals surface area (Å²) in [5, 5.41) is 9.25. The maximum Gasteiger partial charge on any atom is 0.309 e. The molecule has 0 fully saturated rings. The van der Waals surface area contributed by atoms with Gasteiger partial charge in [-0.25, -0.2) is 0 Å². The lowest BCUT2D eigenvalue weighted by Crippen LogP contribution is -2.13. The quantitative estimate of drug-likeness (QED) is 0.775. The van der Waals surface area contributed by atoms with Crippen LogP contribution in [0.1, 0.15) is 13.3 Å². The van der Waals surface area contributed by atoms with Gasteiger partial charge < -0.3 is 9.29 Å². The normalized spacial score (nSPS) is 11.2. The first-order valence-electron chi connectivity index (χ1n) is 4.25. The van der Waals surface area contributed by atoms with Gasteiger partial charge in [0.05, 0.1) is 5.75 Å². The van der Waals surface area contributed by atoms with E-state index in [2.05, 4.69) is 0 Å². The number of aromatic hydroxyl groups is 1. The molecule has 0 aliphatic heterocycles. The highest BCUT2D eigenvalue weighted by Crippen LogP contribution is 2.25. The van der Waals surface area contributed by atoms with Gasteiger partial charge in [-0.15, -0.1) is 0 Å². The maximum atomic E-state index is 11.2. The Hall–Kier alpha value is -1.23. The summed E-state index contributed by atoms with van der Waals surface area (Å²) in [5.74, 6) is -0.255. The molecule has 0 radical (unpaired) electrons. The molecule has 0 aromatic heterocycles. The van der Waals surface area contributed by atoms with E-state index < -0.39 is 10.1 Å². The monoisotopic (exact) mass is 216 g/mol. The van der Waals surface area contributed by atoms with E-state index in [1.54, 1.807) is 19.1 Å². The van der Waals surface area contributed by atoms with Gasteiger partial charge in [-0.3, -0.25) is 0 Å². The minimum Gasteiger partial charge on any atom is -0.504 e. The van der Waals surface area contributed by atoms with Gasteiger partial charge in [0.1, 0.15) is 0 Å². The summed E-state index contributed by atoms with van der Waals surface area (Å²) in [4.78, 5) is 0. The van der Waals surface area contributed by atoms with Gasteiger partial charge >= 0.3 is 10.1 Å². The molecule has 0 aliphatic carbocycles. The van der Waals surface area contributed by atoms with Crippen molar-refractivity contribution in [3.05, 3.63) is 24.3 Å². The summed E-state index contributed by atoms with van der Waals surface area (Å²) in [6.07, 6.45) is 0.482. The van der Waals surface area contributed by atoms with E-state index in [1.165, 1.54) is 12.1 Å². The summed E-state index contributed by atoms with van der Waals surface area (Å²) < 4.78 is 27.1. The van der Waals surface area contributed by atoms with E-state index in [-0.39, 0.29) is 17.3 Å². The molecule has 0 aliphatic rings. The average molecular weight is 216 g/mol. The van der Waals surface area contributed by atoms with E-state index in [4.69, 9.17) is 4.18 Å². The number of benzene rings is 1. The lowest BCUT2D eigenvalue weighted by atomic mass is 10.3. The van der Waals surface area contributed by atoms with Gasteiger partial charge in [-0.05, 0) is 18.6 Å². The zero-order valence-electron chi connectivity index (χ0n) is 7.80. The lowest BCUT2D eigenvalue weighted by Gasteiger charge is -2.06. The highest BCUT2D eigenvalue weighted by atomic mass is 32.2. The summed E-state index contributed by atoms with van der Waals surface area (Å²) in [5.41, 5.74) is 0. The number of hydrogen-bond donors (Lipinski definition) is 1. The van der Waals surface area contributed by atoms with Crippen LogP contribution in [0, 0.1) is 0 Å². The van der Waals surface area contributed by atoms with Crippen molar-refractivity contribution >= 4 is 10.1 Å². The number of para-hydroxylation sites is 2. The van der Waals surface area contributed by atoms with E-state index in [0.717, 1.165) is 0 Å². The van der Waals surface area contributed by atoms with Crippen LogP contribution in [0.25, 0.3) is 0 Å². The zero-order valence-corrected chi connectivity index (χ0v) is 8.62. The van der Waals surface area contributed by atoms with Gasteiger partial charge in [-0.2, -0.15) is 8.42 Å². The lowest BCUT2D eigenvalue weighted by molar-refractivity contribution is 0.428. The van der Waals surface area contributed by atoms with Crippen LogP contribution < -0.4 is 4.18 Å². The van der Waals surface area contributed by atoms with Crippen LogP contribution in [0.5, 0.6) is 11.5 Å². The molecule has 0 heterocycles. The Labute approximate surface area is 83.3 Å². The molecule has 1 N–H and O–H groups in total. The Morgan fingerprint density at radius 3 is 2.57 bits per heavy atom. The molecule has 0 unspecified atom stereocenters. The molecule has 0 amide bonds. The number of hydrogen-bond acceptors (Lipinski definition) is 4. The van der Waals surface area contributed by atoms with Crippen LogP contribution in [-0.4, -0.2) is 19.3 Å². The minimum atomic E-state index is -3.57. The largest absolute Gasteiger partial charge is 0.504 e. The minimum absolute atomic E-state index is 0.0269. The summed E-state index contributed by atoms with van der Waals surface area (Å²) in [7, 11) is -3.57. The zero-order chi connectivity index (χ0) is 10.6. The molecule has 0 atom stereocenters. The van der Waals surface area contributed by atoms with Crippen LogP contribution in [0.2, 0.25) is 0 Å². The van der Waals surface area contributed by atoms with Gasteiger partial charge in [0.15, 0.2) is 11.5 Å². The third-order valence-electron chi connectivity index (χ3n) is 1.54. The molecular formula is C9H12O4S. The van der Waals surface area contributed by atoms with Crippen molar-refractivity contribution in [1.82, 2.24) is 0 Å². The van der Waals surface area contributed by atoms with Crippen molar-refractivity contribution in [3.8, 4) is 11.5 Å². The first-order valence-corrected chi connectivity index (χ1v) is 5.83. The highest BCUT2D eigenvalue weighted by molar-refractivity contribution is 7.87. The van der Waals surface area contributed by atoms with Crippen molar-refractivity contribution in [2.24, 2.45) is 0 Å². The molecular weight excluding hydrogens is 204 g/mol. The first kappa shape index (κ1) is 10.8. The second kappa shape index (κ2) is 4.32. The molecule has 0 saturated carbocycles. The Balaban J connectivity index is 2.84. The third-order valence-corrected chi connectivity index (χ3v) is 2.88. The van der Waals surface area contributed by atoms with E-state index >= 15 is 0 Å². The predicted octanol–water partition coefficient (Wildman–Crippen LogP) is 1.51. The van der Waals surface area contributed by atoms with Gasteiger partial charge in [0, 0.05) is 0 Å². The second-order valence-electron chi connectivity index (χ2n) is 2.81. The molecule has 14 heavy (non-hydrogen) atoms. The van der Waals surface area contributed by atoms with Crippen LogP contribution in [0.4, 0.5) is 0 Å². The fraction of sp³-hybridized carbons (Fsp3) is 0.333. The fourth-order valence-corrected chi connectivity index (χ4v) is 1.95. The van der Waals surface area contributed by atoms with Crippen molar-refractivity contribution in [1.29, 1.82) is 0 Å². The number of phenolic OH excluding ortho intramolecular Hbond substituents is 1. The van der Waals surface area contributed by atoms with Crippen molar-refractivity contribution in [2.75, 3.05) is 5.75 Å². The molecule has 1 aromatic rings. The van der Waals surface area contributed by atoms with Crippen LogP contribution in [0.15, 0.2) is 24.3 Å². The summed E-state index contributed by atoms with van der Waals surface area (Å²) in [6.45, 7) is 1.74. The Kier molecular flexibility index (Phi) is 3.35. The van der Waals surface area contributed by atoms with Crippen molar-refractivity contribution in [2.45, 2.75) is 13.3 Å². The van der Waals surface area contributed by atoms with Gasteiger partial charge in [-0.1, -0.05) is 19.1 Å². The fourth-order valence-electron chi connectivity index (χ4n) is 0.956. The van der Waals surface area contributed by atoms with Crippen LogP contribution in [0.3, 0.4) is 0 Å². The standard InChI is InChI=1S/C9H12O4S/c1-2-7-14(11,12)13-9-6-4-3-5-8(9)10/h3-6,10H,2,7H2,1H3. The molecule has 1 aromatic carbocycles. The van der Waals surface area contributed by atoms with Crippen LogP contribution >= 0.6 is 0 Å². The smallest absolute Gasteiger partial charge is 0.309 e. The molecule has 5 heteroatoms. The predicted molar refractivity (Wildman–Crippen MR) is 52.8 cm³/mol. The summed E-state index contributed by atoms with van der Waals surface area (Å²) >= 11 is 0. The molecule has 4 nitrogen and oxygen atoms in total. The average Bonchev–Trinajstić information content (AvgIpc) is 2.08. The van der Waals surface area contributed by atoms with Gasteiger partial charge in [0.25, 0.3) is 0 Å². The molecule has 0 bridgehead atoms. The summed E-state index contributed by atoms with van der Waals surface area (Å²) in [6, 6.07) is 5.96. The molecule has 0 saturated heterocycles. The molecule has 0 spiro atoms. The number of rotatable bonds is 4. The molecule has 78 valence electrons. The maximum absolute atomic E-state index is 11.2. The Bertz CT molecular complexity index is 397. The SMILES string of the molecule is CCCS(=O)(=O)Oc1ccccc1O.